The molecule has 2 heterocycles. The molecule has 1 aliphatic rings. The molecule has 0 radical (unpaired) electrons. The van der Waals surface area contributed by atoms with Crippen molar-refractivity contribution in [1.29, 1.82) is 0 Å². The van der Waals surface area contributed by atoms with Crippen LogP contribution >= 0.6 is 0 Å². The van der Waals surface area contributed by atoms with Gasteiger partial charge in [-0.1, -0.05) is 0 Å². The van der Waals surface area contributed by atoms with Crippen LogP contribution in [0.3, 0.4) is 0 Å². The maximum absolute atomic E-state index is 12.9. The highest BCUT2D eigenvalue weighted by Crippen LogP contribution is 2.36. The molecule has 0 saturated heterocycles. The van der Waals surface area contributed by atoms with Crippen LogP contribution < -0.4 is 29.3 Å². The van der Waals surface area contributed by atoms with E-state index >= 15 is 0 Å². The van der Waals surface area contributed by atoms with Gasteiger partial charge < -0.3 is 28.1 Å². The number of fused-ring (bicyclic) bond motifs is 2. The predicted molar refractivity (Wildman–Crippen MR) is 123 cm³/mol. The summed E-state index contributed by atoms with van der Waals surface area (Å²) in [5.41, 5.74) is 1.78. The van der Waals surface area contributed by atoms with Gasteiger partial charge in [0.15, 0.2) is 11.5 Å². The average molecular weight is 460 g/mol. The molecule has 34 heavy (non-hydrogen) atoms. The molecule has 8 nitrogen and oxygen atoms in total. The van der Waals surface area contributed by atoms with E-state index < -0.39 is 11.6 Å². The van der Waals surface area contributed by atoms with Gasteiger partial charge in [0.1, 0.15) is 22.8 Å². The van der Waals surface area contributed by atoms with E-state index in [0.29, 0.717) is 62.0 Å². The summed E-state index contributed by atoms with van der Waals surface area (Å²) >= 11 is 0. The van der Waals surface area contributed by atoms with Crippen LogP contribution in [0.15, 0.2) is 63.8 Å². The number of aryl methyl sites for hydroxylation is 1. The van der Waals surface area contributed by atoms with Crippen molar-refractivity contribution < 1.29 is 32.9 Å². The Morgan fingerprint density at radius 1 is 0.882 bits per heavy atom. The summed E-state index contributed by atoms with van der Waals surface area (Å²) in [6.45, 7) is 1.92. The number of hydrogen-bond donors (Lipinski definition) is 0. The summed E-state index contributed by atoms with van der Waals surface area (Å²) in [7, 11) is 3.07. The number of esters is 1. The van der Waals surface area contributed by atoms with Crippen LogP contribution in [0.25, 0.3) is 22.1 Å². The molecular weight excluding hydrogens is 440 g/mol. The highest BCUT2D eigenvalue weighted by molar-refractivity contribution is 5.93. The Balaban J connectivity index is 1.53. The van der Waals surface area contributed by atoms with Gasteiger partial charge in [-0.05, 0) is 61.0 Å². The molecule has 0 N–H and O–H groups in total. The first kappa shape index (κ1) is 21.4. The van der Waals surface area contributed by atoms with Crippen molar-refractivity contribution >= 4 is 16.9 Å². The van der Waals surface area contributed by atoms with Gasteiger partial charge in [0.2, 0.25) is 6.79 Å². The maximum Gasteiger partial charge on any atom is 0.344 e. The molecule has 0 atom stereocenters. The van der Waals surface area contributed by atoms with Gasteiger partial charge in [0, 0.05) is 17.0 Å². The van der Waals surface area contributed by atoms with Crippen molar-refractivity contribution in [3.05, 3.63) is 76.1 Å². The molecule has 1 aromatic heterocycles. The Morgan fingerprint density at radius 2 is 1.68 bits per heavy atom. The van der Waals surface area contributed by atoms with Crippen LogP contribution in [-0.4, -0.2) is 27.0 Å². The molecule has 8 heteroatoms. The molecule has 0 spiro atoms. The zero-order chi connectivity index (χ0) is 23.8. The lowest BCUT2D eigenvalue weighted by Gasteiger charge is -2.13. The Hall–Kier alpha value is -4.46. The van der Waals surface area contributed by atoms with Crippen LogP contribution in [-0.2, 0) is 0 Å². The van der Waals surface area contributed by atoms with Gasteiger partial charge in [-0.15, -0.1) is 0 Å². The largest absolute Gasteiger partial charge is 0.497 e. The van der Waals surface area contributed by atoms with E-state index in [0.717, 1.165) is 0 Å². The second-order valence-electron chi connectivity index (χ2n) is 7.57. The molecule has 1 aliphatic heterocycles. The van der Waals surface area contributed by atoms with E-state index in [2.05, 4.69) is 0 Å². The predicted octanol–water partition coefficient (Wildman–Crippen LogP) is 4.73. The van der Waals surface area contributed by atoms with Crippen molar-refractivity contribution in [2.75, 3.05) is 21.0 Å². The fourth-order valence-electron chi connectivity index (χ4n) is 3.90. The van der Waals surface area contributed by atoms with E-state index in [1.807, 2.05) is 6.92 Å². The van der Waals surface area contributed by atoms with Gasteiger partial charge in [-0.25, -0.2) is 9.59 Å². The number of ether oxygens (including phenoxy) is 5. The number of carbonyl (C=O) groups is 1. The standard InChI is InChI=1S/C26H20O8/c1-14-19-11-17(33-25(27)15-4-8-21-23(10-15)32-13-31-21)6-9-20(19)34-26(28)24(14)18-7-5-16(29-2)12-22(18)30-3/h4-12H,13H2,1-3H3. The SMILES string of the molecule is COc1ccc(-c2c(C)c3cc(OC(=O)c4ccc5c(c4)OCO5)ccc3oc2=O)c(OC)c1. The van der Waals surface area contributed by atoms with E-state index in [-0.39, 0.29) is 6.79 Å². The van der Waals surface area contributed by atoms with Crippen molar-refractivity contribution in [3.63, 3.8) is 0 Å². The van der Waals surface area contributed by atoms with Crippen molar-refractivity contribution in [2.24, 2.45) is 0 Å². The number of methoxy groups -OCH3 is 2. The van der Waals surface area contributed by atoms with E-state index in [1.54, 1.807) is 61.7 Å². The normalized spacial score (nSPS) is 12.0. The molecule has 0 aliphatic carbocycles. The van der Waals surface area contributed by atoms with Gasteiger partial charge in [-0.3, -0.25) is 0 Å². The lowest BCUT2D eigenvalue weighted by atomic mass is 9.98. The van der Waals surface area contributed by atoms with Crippen molar-refractivity contribution in [1.82, 2.24) is 0 Å². The quantitative estimate of drug-likeness (QED) is 0.240. The van der Waals surface area contributed by atoms with Crippen molar-refractivity contribution in [2.45, 2.75) is 6.92 Å². The van der Waals surface area contributed by atoms with Crippen LogP contribution in [0.5, 0.6) is 28.7 Å². The lowest BCUT2D eigenvalue weighted by Crippen LogP contribution is -2.09. The lowest BCUT2D eigenvalue weighted by molar-refractivity contribution is 0.0734. The maximum atomic E-state index is 12.9. The topological polar surface area (TPSA) is 93.4 Å². The zero-order valence-corrected chi connectivity index (χ0v) is 18.7. The summed E-state index contributed by atoms with van der Waals surface area (Å²) in [5, 5.41) is 0.628. The molecule has 0 fully saturated rings. The number of carbonyl (C=O) groups excluding carboxylic acids is 1. The highest BCUT2D eigenvalue weighted by atomic mass is 16.7. The molecule has 0 amide bonds. The average Bonchev–Trinajstić information content (AvgIpc) is 3.32. The third-order valence-corrected chi connectivity index (χ3v) is 5.63. The summed E-state index contributed by atoms with van der Waals surface area (Å²) in [6.07, 6.45) is 0. The molecule has 172 valence electrons. The zero-order valence-electron chi connectivity index (χ0n) is 18.7. The molecule has 0 saturated carbocycles. The second kappa shape index (κ2) is 8.47. The third kappa shape index (κ3) is 3.69. The molecule has 4 aromatic rings. The van der Waals surface area contributed by atoms with Gasteiger partial charge in [0.25, 0.3) is 0 Å². The van der Waals surface area contributed by atoms with Gasteiger partial charge in [-0.2, -0.15) is 0 Å². The minimum Gasteiger partial charge on any atom is -0.497 e. The summed E-state index contributed by atoms with van der Waals surface area (Å²) in [5.74, 6) is 1.89. The second-order valence-corrected chi connectivity index (χ2v) is 7.57. The highest BCUT2D eigenvalue weighted by Gasteiger charge is 2.20. The molecule has 3 aromatic carbocycles. The summed E-state index contributed by atoms with van der Waals surface area (Å²) < 4.78 is 32.5. The van der Waals surface area contributed by atoms with E-state index in [9.17, 15) is 9.59 Å². The first-order valence-electron chi connectivity index (χ1n) is 10.4. The fourth-order valence-corrected chi connectivity index (χ4v) is 3.90. The minimum atomic E-state index is -0.551. The Labute approximate surface area is 194 Å². The summed E-state index contributed by atoms with van der Waals surface area (Å²) in [4.78, 5) is 25.6. The molecule has 0 unspecified atom stereocenters. The first-order valence-corrected chi connectivity index (χ1v) is 10.4. The Kier molecular flexibility index (Phi) is 5.33. The molecule has 0 bridgehead atoms. The van der Waals surface area contributed by atoms with Gasteiger partial charge >= 0.3 is 11.6 Å². The smallest absolute Gasteiger partial charge is 0.344 e. The summed E-state index contributed by atoms with van der Waals surface area (Å²) in [6, 6.07) is 14.9. The Bertz CT molecular complexity index is 1480. The molecular formula is C26H20O8. The van der Waals surface area contributed by atoms with Gasteiger partial charge in [0.05, 0.1) is 25.3 Å². The first-order chi connectivity index (χ1) is 16.5. The monoisotopic (exact) mass is 460 g/mol. The van der Waals surface area contributed by atoms with Crippen LogP contribution in [0.4, 0.5) is 0 Å². The Morgan fingerprint density at radius 3 is 2.47 bits per heavy atom. The van der Waals surface area contributed by atoms with Crippen LogP contribution in [0, 0.1) is 6.92 Å². The minimum absolute atomic E-state index is 0.115. The van der Waals surface area contributed by atoms with E-state index in [1.165, 1.54) is 7.11 Å². The third-order valence-electron chi connectivity index (χ3n) is 5.63. The van der Waals surface area contributed by atoms with Crippen LogP contribution in [0.1, 0.15) is 15.9 Å². The van der Waals surface area contributed by atoms with E-state index in [4.69, 9.17) is 28.1 Å². The van der Waals surface area contributed by atoms with Crippen LogP contribution in [0.2, 0.25) is 0 Å². The molecule has 5 rings (SSSR count). The fraction of sp³-hybridized carbons (Fsp3) is 0.154. The number of rotatable bonds is 5. The number of hydrogen-bond acceptors (Lipinski definition) is 8. The van der Waals surface area contributed by atoms with Crippen molar-refractivity contribution in [3.8, 4) is 39.9 Å². The number of benzene rings is 3.